The van der Waals surface area contributed by atoms with E-state index in [1.165, 1.54) is 7.11 Å². The van der Waals surface area contributed by atoms with Crippen LogP contribution in [-0.4, -0.2) is 19.2 Å². The minimum atomic E-state index is -0.690. The number of benzene rings is 2. The highest BCUT2D eigenvalue weighted by Crippen LogP contribution is 2.27. The molecule has 0 aliphatic carbocycles. The van der Waals surface area contributed by atoms with Gasteiger partial charge in [-0.2, -0.15) is 0 Å². The van der Waals surface area contributed by atoms with Crippen LogP contribution in [0, 0.1) is 0 Å². The molecule has 0 aliphatic heterocycles. The number of esters is 1. The van der Waals surface area contributed by atoms with Crippen molar-refractivity contribution in [2.45, 2.75) is 19.4 Å². The van der Waals surface area contributed by atoms with E-state index >= 15 is 0 Å². The summed E-state index contributed by atoms with van der Waals surface area (Å²) < 4.78 is 15.7. The van der Waals surface area contributed by atoms with Gasteiger partial charge < -0.3 is 13.9 Å². The van der Waals surface area contributed by atoms with Crippen LogP contribution in [0.4, 0.5) is 0 Å². The summed E-state index contributed by atoms with van der Waals surface area (Å²) in [6.45, 7) is 1.83. The fourth-order valence-electron chi connectivity index (χ4n) is 2.53. The van der Waals surface area contributed by atoms with Gasteiger partial charge in [0.25, 0.3) is 0 Å². The fourth-order valence-corrected chi connectivity index (χ4v) is 2.53. The van der Waals surface area contributed by atoms with E-state index in [-0.39, 0.29) is 0 Å². The smallest absolute Gasteiger partial charge is 0.347 e. The Bertz CT molecular complexity index is 925. The quantitative estimate of drug-likeness (QED) is 0.420. The highest BCUT2D eigenvalue weighted by atomic mass is 16.6. The van der Waals surface area contributed by atoms with Crippen molar-refractivity contribution in [3.63, 3.8) is 0 Å². The van der Waals surface area contributed by atoms with Crippen LogP contribution in [0.3, 0.4) is 0 Å². The van der Waals surface area contributed by atoms with Crippen LogP contribution in [-0.2, 0) is 9.53 Å². The van der Waals surface area contributed by atoms with Crippen molar-refractivity contribution in [2.75, 3.05) is 7.11 Å². The summed E-state index contributed by atoms with van der Waals surface area (Å²) in [6.07, 6.45) is -0.212. The molecule has 0 N–H and O–H groups in total. The van der Waals surface area contributed by atoms with Crippen molar-refractivity contribution in [1.29, 1.82) is 0 Å². The van der Waals surface area contributed by atoms with Crippen LogP contribution in [0.2, 0.25) is 0 Å². The van der Waals surface area contributed by atoms with E-state index in [4.69, 9.17) is 13.9 Å². The number of carbonyl (C=O) groups excluding carboxylic acids is 1. The molecular weight excluding hydrogens is 296 g/mol. The number of carbonyl (C=O) groups is 1. The van der Waals surface area contributed by atoms with E-state index < -0.39 is 17.7 Å². The first-order valence-electron chi connectivity index (χ1n) is 7.34. The molecule has 0 radical (unpaired) electrons. The van der Waals surface area contributed by atoms with Crippen LogP contribution in [0.25, 0.3) is 21.7 Å². The zero-order valence-corrected chi connectivity index (χ0v) is 12.9. The maximum atomic E-state index is 12.1. The number of hydrogen-bond donors (Lipinski definition) is 0. The predicted octanol–water partition coefficient (Wildman–Crippen LogP) is 3.28. The predicted molar refractivity (Wildman–Crippen MR) is 86.7 cm³/mol. The van der Waals surface area contributed by atoms with Crippen LogP contribution in [0.1, 0.15) is 13.3 Å². The van der Waals surface area contributed by atoms with E-state index in [2.05, 4.69) is 0 Å². The zero-order chi connectivity index (χ0) is 16.4. The largest absolute Gasteiger partial charge is 0.479 e. The summed E-state index contributed by atoms with van der Waals surface area (Å²) in [5.74, 6) is 0.0146. The molecule has 0 saturated carbocycles. The standard InChI is InChI=1S/C18H16O5/c1-3-15(18(20)21-2)22-11-8-9-13-12-6-4-5-7-14(12)17(19)23-16(13)10-11/h4-10,15H,3H2,1-2H3/t15-/m0/s1. The fraction of sp³-hybridized carbons (Fsp3) is 0.222. The molecule has 3 aromatic rings. The summed E-state index contributed by atoms with van der Waals surface area (Å²) in [6, 6.07) is 12.5. The monoisotopic (exact) mass is 312 g/mol. The lowest BCUT2D eigenvalue weighted by molar-refractivity contribution is -0.148. The molecular formula is C18H16O5. The average Bonchev–Trinajstić information content (AvgIpc) is 2.59. The van der Waals surface area contributed by atoms with Gasteiger partial charge in [0.05, 0.1) is 12.5 Å². The van der Waals surface area contributed by atoms with Gasteiger partial charge in [-0.15, -0.1) is 0 Å². The molecule has 23 heavy (non-hydrogen) atoms. The number of ether oxygens (including phenoxy) is 2. The lowest BCUT2D eigenvalue weighted by atomic mass is 10.1. The van der Waals surface area contributed by atoms with Gasteiger partial charge >= 0.3 is 11.6 Å². The van der Waals surface area contributed by atoms with Gasteiger partial charge in [0, 0.05) is 11.5 Å². The Morgan fingerprint density at radius 2 is 1.87 bits per heavy atom. The van der Waals surface area contributed by atoms with Crippen LogP contribution >= 0.6 is 0 Å². The molecule has 0 amide bonds. The van der Waals surface area contributed by atoms with Gasteiger partial charge in [-0.05, 0) is 30.0 Å². The van der Waals surface area contributed by atoms with Gasteiger partial charge in [0.1, 0.15) is 11.3 Å². The van der Waals surface area contributed by atoms with Crippen molar-refractivity contribution in [3.8, 4) is 5.75 Å². The Balaban J connectivity index is 2.07. The van der Waals surface area contributed by atoms with Gasteiger partial charge in [-0.3, -0.25) is 0 Å². The lowest BCUT2D eigenvalue weighted by Gasteiger charge is -2.15. The van der Waals surface area contributed by atoms with Gasteiger partial charge in [0.2, 0.25) is 0 Å². The second kappa shape index (κ2) is 6.12. The number of hydrogen-bond acceptors (Lipinski definition) is 5. The SMILES string of the molecule is CC[C@H](Oc1ccc2c(c1)oc(=O)c1ccccc12)C(=O)OC. The van der Waals surface area contributed by atoms with Gasteiger partial charge in [-0.1, -0.05) is 25.1 Å². The minimum absolute atomic E-state index is 0.398. The third kappa shape index (κ3) is 2.77. The molecule has 1 heterocycles. The molecule has 118 valence electrons. The van der Waals surface area contributed by atoms with Crippen molar-refractivity contribution < 1.29 is 18.7 Å². The van der Waals surface area contributed by atoms with Crippen LogP contribution in [0.5, 0.6) is 5.75 Å². The highest BCUT2D eigenvalue weighted by molar-refractivity contribution is 6.04. The Labute approximate surface area is 132 Å². The van der Waals surface area contributed by atoms with Crippen LogP contribution < -0.4 is 10.4 Å². The molecule has 2 aromatic carbocycles. The van der Waals surface area contributed by atoms with Crippen molar-refractivity contribution in [1.82, 2.24) is 0 Å². The summed E-state index contributed by atoms with van der Waals surface area (Å²) in [4.78, 5) is 23.7. The molecule has 0 bridgehead atoms. The first kappa shape index (κ1) is 15.1. The number of rotatable bonds is 4. The molecule has 0 aliphatic rings. The Kier molecular flexibility index (Phi) is 4.02. The van der Waals surface area contributed by atoms with Gasteiger partial charge in [0.15, 0.2) is 6.10 Å². The van der Waals surface area contributed by atoms with E-state index in [0.29, 0.717) is 23.1 Å². The second-order valence-corrected chi connectivity index (χ2v) is 5.13. The van der Waals surface area contributed by atoms with E-state index in [9.17, 15) is 9.59 Å². The van der Waals surface area contributed by atoms with Crippen molar-refractivity contribution >= 4 is 27.7 Å². The summed E-state index contributed by atoms with van der Waals surface area (Å²) >= 11 is 0. The molecule has 0 unspecified atom stereocenters. The Hall–Kier alpha value is -2.82. The first-order chi connectivity index (χ1) is 11.1. The van der Waals surface area contributed by atoms with Crippen molar-refractivity contribution in [2.24, 2.45) is 0 Å². The Morgan fingerprint density at radius 3 is 2.57 bits per heavy atom. The maximum absolute atomic E-state index is 12.1. The average molecular weight is 312 g/mol. The minimum Gasteiger partial charge on any atom is -0.479 e. The molecule has 0 fully saturated rings. The number of methoxy groups -OCH3 is 1. The molecule has 5 nitrogen and oxygen atoms in total. The summed E-state index contributed by atoms with van der Waals surface area (Å²) in [7, 11) is 1.32. The van der Waals surface area contributed by atoms with E-state index in [1.54, 1.807) is 24.3 Å². The summed E-state index contributed by atoms with van der Waals surface area (Å²) in [5.41, 5.74) is 0.0242. The molecule has 0 saturated heterocycles. The van der Waals surface area contributed by atoms with E-state index in [1.807, 2.05) is 25.1 Å². The van der Waals surface area contributed by atoms with Gasteiger partial charge in [-0.25, -0.2) is 9.59 Å². The summed E-state index contributed by atoms with van der Waals surface area (Å²) in [5, 5.41) is 2.18. The zero-order valence-electron chi connectivity index (χ0n) is 12.9. The molecule has 1 aromatic heterocycles. The molecule has 0 spiro atoms. The van der Waals surface area contributed by atoms with E-state index in [0.717, 1.165) is 10.8 Å². The van der Waals surface area contributed by atoms with Crippen LogP contribution in [0.15, 0.2) is 51.7 Å². The third-order valence-corrected chi connectivity index (χ3v) is 3.71. The number of fused-ring (bicyclic) bond motifs is 3. The Morgan fingerprint density at radius 1 is 1.13 bits per heavy atom. The second-order valence-electron chi connectivity index (χ2n) is 5.13. The topological polar surface area (TPSA) is 65.7 Å². The molecule has 3 rings (SSSR count). The normalized spacial score (nSPS) is 12.3. The first-order valence-corrected chi connectivity index (χ1v) is 7.34. The molecule has 5 heteroatoms. The third-order valence-electron chi connectivity index (χ3n) is 3.71. The lowest BCUT2D eigenvalue weighted by Crippen LogP contribution is -2.27. The molecule has 1 atom stereocenters. The maximum Gasteiger partial charge on any atom is 0.347 e. The highest BCUT2D eigenvalue weighted by Gasteiger charge is 2.19. The van der Waals surface area contributed by atoms with Crippen molar-refractivity contribution in [3.05, 3.63) is 52.9 Å².